The number of unbranched alkanes of at least 4 members (excludes halogenated alkanes) is 4. The lowest BCUT2D eigenvalue weighted by Gasteiger charge is -2.18. The topological polar surface area (TPSA) is 0 Å². The normalized spacial score (nSPS) is 17.2. The van der Waals surface area contributed by atoms with Crippen LogP contribution < -0.4 is 0 Å². The van der Waals surface area contributed by atoms with Crippen molar-refractivity contribution in [2.45, 2.75) is 85.0 Å². The molecule has 0 nitrogen and oxygen atoms in total. The first-order valence-corrected chi connectivity index (χ1v) is 8.16. The number of allylic oxidation sites excluding steroid dienone is 4. The minimum absolute atomic E-state index is 0.558. The molecule has 0 amide bonds. The second-order valence-electron chi connectivity index (χ2n) is 5.82. The van der Waals surface area contributed by atoms with E-state index in [4.69, 9.17) is 0 Å². The van der Waals surface area contributed by atoms with Crippen LogP contribution in [0.25, 0.3) is 0 Å². The summed E-state index contributed by atoms with van der Waals surface area (Å²) in [6.07, 6.45) is 20.8. The van der Waals surface area contributed by atoms with Gasteiger partial charge < -0.3 is 0 Å². The van der Waals surface area contributed by atoms with Crippen LogP contribution >= 0.6 is 0 Å². The predicted octanol–water partition coefficient (Wildman–Crippen LogP) is 6.43. The molecule has 0 unspecified atom stereocenters. The van der Waals surface area contributed by atoms with Crippen LogP contribution in [-0.2, 0) is 0 Å². The summed E-state index contributed by atoms with van der Waals surface area (Å²) in [4.78, 5) is 0. The molecule has 0 saturated heterocycles. The molecule has 18 heavy (non-hydrogen) atoms. The SMILES string of the molecule is CCC=CCC1=CC1(CCCCC)CCCCC. The molecule has 0 fully saturated rings. The van der Waals surface area contributed by atoms with Gasteiger partial charge in [0.15, 0.2) is 0 Å². The molecule has 1 rings (SSSR count). The summed E-state index contributed by atoms with van der Waals surface area (Å²) in [6, 6.07) is 0. The van der Waals surface area contributed by atoms with Crippen molar-refractivity contribution in [1.82, 2.24) is 0 Å². The highest BCUT2D eigenvalue weighted by Crippen LogP contribution is 2.54. The highest BCUT2D eigenvalue weighted by atomic mass is 14.4. The van der Waals surface area contributed by atoms with Crippen molar-refractivity contribution in [1.29, 1.82) is 0 Å². The Morgan fingerprint density at radius 3 is 2.00 bits per heavy atom. The second kappa shape index (κ2) is 8.56. The van der Waals surface area contributed by atoms with Crippen LogP contribution in [0.15, 0.2) is 23.8 Å². The van der Waals surface area contributed by atoms with E-state index in [1.54, 1.807) is 5.57 Å². The van der Waals surface area contributed by atoms with E-state index in [2.05, 4.69) is 39.0 Å². The fraction of sp³-hybridized carbons (Fsp3) is 0.778. The van der Waals surface area contributed by atoms with Crippen molar-refractivity contribution in [3.63, 3.8) is 0 Å². The zero-order chi connectivity index (χ0) is 13.3. The van der Waals surface area contributed by atoms with Gasteiger partial charge in [-0.2, -0.15) is 0 Å². The molecule has 0 heterocycles. The average Bonchev–Trinajstić information content (AvgIpc) is 3.04. The molecular formula is C18H32. The third-order valence-electron chi connectivity index (χ3n) is 4.20. The Morgan fingerprint density at radius 2 is 1.50 bits per heavy atom. The number of hydrogen-bond acceptors (Lipinski definition) is 0. The highest BCUT2D eigenvalue weighted by molar-refractivity contribution is 5.40. The van der Waals surface area contributed by atoms with Crippen molar-refractivity contribution in [3.05, 3.63) is 23.8 Å². The maximum absolute atomic E-state index is 2.58. The van der Waals surface area contributed by atoms with E-state index < -0.39 is 0 Å². The molecule has 0 aromatic heterocycles. The van der Waals surface area contributed by atoms with Gasteiger partial charge in [0, 0.05) is 5.41 Å². The summed E-state index contributed by atoms with van der Waals surface area (Å²) in [5.41, 5.74) is 2.29. The molecule has 0 heteroatoms. The van der Waals surface area contributed by atoms with Crippen LogP contribution in [0.1, 0.15) is 85.0 Å². The first-order chi connectivity index (χ1) is 8.79. The fourth-order valence-electron chi connectivity index (χ4n) is 2.91. The van der Waals surface area contributed by atoms with Gasteiger partial charge in [0.05, 0.1) is 0 Å². The van der Waals surface area contributed by atoms with Crippen molar-refractivity contribution >= 4 is 0 Å². The van der Waals surface area contributed by atoms with Crippen molar-refractivity contribution in [3.8, 4) is 0 Å². The van der Waals surface area contributed by atoms with Gasteiger partial charge in [0.25, 0.3) is 0 Å². The second-order valence-corrected chi connectivity index (χ2v) is 5.82. The molecule has 0 bridgehead atoms. The van der Waals surface area contributed by atoms with E-state index in [-0.39, 0.29) is 0 Å². The van der Waals surface area contributed by atoms with Gasteiger partial charge in [0.1, 0.15) is 0 Å². The van der Waals surface area contributed by atoms with Crippen LogP contribution in [0, 0.1) is 5.41 Å². The molecule has 1 aliphatic rings. The first kappa shape index (κ1) is 15.5. The van der Waals surface area contributed by atoms with Gasteiger partial charge in [-0.25, -0.2) is 0 Å². The van der Waals surface area contributed by atoms with Crippen LogP contribution in [0.5, 0.6) is 0 Å². The van der Waals surface area contributed by atoms with E-state index in [0.29, 0.717) is 5.41 Å². The molecule has 0 radical (unpaired) electrons. The Hall–Kier alpha value is -0.520. The Bertz CT molecular complexity index is 260. The Balaban J connectivity index is 2.34. The monoisotopic (exact) mass is 248 g/mol. The summed E-state index contributed by atoms with van der Waals surface area (Å²) in [5, 5.41) is 0. The van der Waals surface area contributed by atoms with Gasteiger partial charge in [0.2, 0.25) is 0 Å². The van der Waals surface area contributed by atoms with Crippen molar-refractivity contribution < 1.29 is 0 Å². The fourth-order valence-corrected chi connectivity index (χ4v) is 2.91. The molecule has 0 aliphatic heterocycles. The van der Waals surface area contributed by atoms with Crippen molar-refractivity contribution in [2.75, 3.05) is 0 Å². The minimum atomic E-state index is 0.558. The zero-order valence-corrected chi connectivity index (χ0v) is 12.8. The third-order valence-corrected chi connectivity index (χ3v) is 4.20. The Morgan fingerprint density at radius 1 is 0.889 bits per heavy atom. The number of rotatable bonds is 11. The smallest absolute Gasteiger partial charge is 0.00972 e. The molecule has 0 spiro atoms. The maximum Gasteiger partial charge on any atom is 0.00972 e. The minimum Gasteiger partial charge on any atom is -0.0885 e. The summed E-state index contributed by atoms with van der Waals surface area (Å²) in [7, 11) is 0. The van der Waals surface area contributed by atoms with Crippen LogP contribution in [0.2, 0.25) is 0 Å². The van der Waals surface area contributed by atoms with E-state index in [1.807, 2.05) is 0 Å². The molecule has 104 valence electrons. The summed E-state index contributed by atoms with van der Waals surface area (Å²) in [6.45, 7) is 6.82. The lowest BCUT2D eigenvalue weighted by Crippen LogP contribution is -2.06. The largest absolute Gasteiger partial charge is 0.0885 e. The summed E-state index contributed by atoms with van der Waals surface area (Å²) >= 11 is 0. The quantitative estimate of drug-likeness (QED) is 0.292. The summed E-state index contributed by atoms with van der Waals surface area (Å²) in [5.74, 6) is 0. The van der Waals surface area contributed by atoms with E-state index in [1.165, 1.54) is 64.2 Å². The van der Waals surface area contributed by atoms with Crippen LogP contribution in [0.4, 0.5) is 0 Å². The third kappa shape index (κ3) is 5.00. The maximum atomic E-state index is 2.58. The van der Waals surface area contributed by atoms with E-state index >= 15 is 0 Å². The molecule has 0 N–H and O–H groups in total. The van der Waals surface area contributed by atoms with Gasteiger partial charge >= 0.3 is 0 Å². The van der Waals surface area contributed by atoms with Crippen molar-refractivity contribution in [2.24, 2.45) is 5.41 Å². The Labute approximate surface area is 115 Å². The molecule has 0 saturated carbocycles. The standard InChI is InChI=1S/C18H32/c1-4-7-10-13-17-16-18(17,14-11-8-5-2)15-12-9-6-3/h7,10,16H,4-6,8-9,11-15H2,1-3H3. The Kier molecular flexibility index (Phi) is 7.39. The highest BCUT2D eigenvalue weighted by Gasteiger charge is 2.40. The van der Waals surface area contributed by atoms with Gasteiger partial charge in [-0.1, -0.05) is 83.1 Å². The molecular weight excluding hydrogens is 216 g/mol. The molecule has 0 aromatic carbocycles. The van der Waals surface area contributed by atoms with Gasteiger partial charge in [-0.3, -0.25) is 0 Å². The van der Waals surface area contributed by atoms with Gasteiger partial charge in [-0.15, -0.1) is 0 Å². The summed E-state index contributed by atoms with van der Waals surface area (Å²) < 4.78 is 0. The van der Waals surface area contributed by atoms with Crippen LogP contribution in [0.3, 0.4) is 0 Å². The molecule has 0 aromatic rings. The number of hydrogen-bond donors (Lipinski definition) is 0. The van der Waals surface area contributed by atoms with Gasteiger partial charge in [-0.05, 0) is 25.7 Å². The van der Waals surface area contributed by atoms with E-state index in [9.17, 15) is 0 Å². The van der Waals surface area contributed by atoms with Crippen LogP contribution in [-0.4, -0.2) is 0 Å². The van der Waals surface area contributed by atoms with E-state index in [0.717, 1.165) is 0 Å². The predicted molar refractivity (Wildman–Crippen MR) is 82.8 cm³/mol. The lowest BCUT2D eigenvalue weighted by atomic mass is 9.86. The zero-order valence-electron chi connectivity index (χ0n) is 12.8. The molecule has 0 atom stereocenters. The average molecular weight is 248 g/mol. The lowest BCUT2D eigenvalue weighted by molar-refractivity contribution is 0.413. The first-order valence-electron chi connectivity index (χ1n) is 8.16. The molecule has 1 aliphatic carbocycles.